The van der Waals surface area contributed by atoms with Crippen LogP contribution in [0.15, 0.2) is 87.5 Å². The van der Waals surface area contributed by atoms with Gasteiger partial charge in [0.1, 0.15) is 4.90 Å². The quantitative estimate of drug-likeness (QED) is 0.326. The monoisotopic (exact) mass is 433 g/mol. The molecule has 0 saturated heterocycles. The van der Waals surface area contributed by atoms with Gasteiger partial charge in [0, 0.05) is 6.20 Å². The van der Waals surface area contributed by atoms with E-state index in [1.807, 2.05) is 4.98 Å². The van der Waals surface area contributed by atoms with Gasteiger partial charge >= 0.3 is 10.1 Å². The van der Waals surface area contributed by atoms with E-state index in [-0.39, 0.29) is 0 Å². The first-order valence-electron chi connectivity index (χ1n) is 8.11. The molecule has 150 valence electrons. The van der Waals surface area contributed by atoms with Gasteiger partial charge in [-0.05, 0) is 39.7 Å². The molecule has 0 spiro atoms. The van der Waals surface area contributed by atoms with E-state index >= 15 is 0 Å². The highest BCUT2D eigenvalue weighted by molar-refractivity contribution is 7.89. The minimum Gasteiger partial charge on any atom is -0.328 e. The predicted molar refractivity (Wildman–Crippen MR) is 108 cm³/mol. The van der Waals surface area contributed by atoms with Crippen molar-refractivity contribution in [3.63, 3.8) is 0 Å². The molecule has 29 heavy (non-hydrogen) atoms. The van der Waals surface area contributed by atoms with Crippen LogP contribution in [0.5, 0.6) is 0 Å². The van der Waals surface area contributed by atoms with Gasteiger partial charge in [-0.25, -0.2) is 0 Å². The summed E-state index contributed by atoms with van der Waals surface area (Å²) in [4.78, 5) is 10.2. The van der Waals surface area contributed by atoms with Crippen LogP contribution in [0.4, 0.5) is 0 Å². The lowest BCUT2D eigenvalue weighted by molar-refractivity contribution is 0.464. The van der Waals surface area contributed by atoms with Gasteiger partial charge in [-0.1, -0.05) is 48.5 Å². The summed E-state index contributed by atoms with van der Waals surface area (Å²) in [6.45, 7) is 0. The molecule has 0 aliphatic heterocycles. The molecule has 0 aliphatic rings. The Morgan fingerprint density at radius 3 is 1.38 bits per heavy atom. The number of aromatic amines is 1. The van der Waals surface area contributed by atoms with E-state index in [0.29, 0.717) is 6.07 Å². The smallest absolute Gasteiger partial charge is 0.301 e. The topological polar surface area (TPSA) is 142 Å². The van der Waals surface area contributed by atoms with Crippen molar-refractivity contribution in [2.24, 2.45) is 0 Å². The summed E-state index contributed by atoms with van der Waals surface area (Å²) in [5, 5.41) is 5.25. The normalized spacial score (nSPS) is 11.8. The van der Waals surface area contributed by atoms with Gasteiger partial charge in [-0.15, -0.1) is 0 Å². The van der Waals surface area contributed by atoms with Crippen molar-refractivity contribution in [2.45, 2.75) is 9.79 Å². The Labute approximate surface area is 165 Å². The van der Waals surface area contributed by atoms with E-state index < -0.39 is 35.6 Å². The standard InChI is InChI=1S/C14H10.C5H5NO7S2/c1-2-6-12-10-14-8-4-3-7-13(14)9-11(12)5-1;7-5-4(15(11,12)13)3(1-2-6-5)14(8,9)10/h1-10H;1-2H,(H,6,7)(H,8,9,10)(H,11,12,13). The summed E-state index contributed by atoms with van der Waals surface area (Å²) in [7, 11) is -9.93. The molecular formula is C19H15NO7S2. The molecule has 4 aromatic rings. The zero-order valence-electron chi connectivity index (χ0n) is 14.7. The summed E-state index contributed by atoms with van der Waals surface area (Å²) < 4.78 is 59.9. The van der Waals surface area contributed by atoms with Gasteiger partial charge < -0.3 is 4.98 Å². The fraction of sp³-hybridized carbons (Fsp3) is 0. The highest BCUT2D eigenvalue weighted by Gasteiger charge is 2.26. The molecule has 4 rings (SSSR count). The molecule has 3 N–H and O–H groups in total. The van der Waals surface area contributed by atoms with Gasteiger partial charge in [-0.2, -0.15) is 16.8 Å². The van der Waals surface area contributed by atoms with Gasteiger partial charge in [-0.3, -0.25) is 13.9 Å². The lowest BCUT2D eigenvalue weighted by Crippen LogP contribution is -2.21. The summed E-state index contributed by atoms with van der Waals surface area (Å²) in [6.07, 6.45) is 0.820. The highest BCUT2D eigenvalue weighted by atomic mass is 32.2. The number of rotatable bonds is 2. The number of nitrogens with one attached hydrogen (secondary N) is 1. The summed E-state index contributed by atoms with van der Waals surface area (Å²) in [6, 6.07) is 22.1. The maximum Gasteiger partial charge on any atom is 0.301 e. The Kier molecular flexibility index (Phi) is 5.53. The van der Waals surface area contributed by atoms with Crippen LogP contribution in [0.1, 0.15) is 0 Å². The van der Waals surface area contributed by atoms with Crippen molar-refractivity contribution < 1.29 is 25.9 Å². The van der Waals surface area contributed by atoms with Crippen molar-refractivity contribution in [3.8, 4) is 0 Å². The third-order valence-electron chi connectivity index (χ3n) is 4.03. The Morgan fingerprint density at radius 1 is 0.655 bits per heavy atom. The highest BCUT2D eigenvalue weighted by Crippen LogP contribution is 2.22. The zero-order valence-corrected chi connectivity index (χ0v) is 16.3. The molecule has 0 radical (unpaired) electrons. The Hall–Kier alpha value is -3.05. The summed E-state index contributed by atoms with van der Waals surface area (Å²) in [5.41, 5.74) is -1.34. The lowest BCUT2D eigenvalue weighted by Gasteiger charge is -2.01. The van der Waals surface area contributed by atoms with Crippen molar-refractivity contribution in [2.75, 3.05) is 0 Å². The summed E-state index contributed by atoms with van der Waals surface area (Å²) in [5.74, 6) is 0. The molecule has 0 bridgehead atoms. The van der Waals surface area contributed by atoms with Gasteiger partial charge in [0.15, 0.2) is 4.90 Å². The van der Waals surface area contributed by atoms with Crippen LogP contribution < -0.4 is 5.56 Å². The second-order valence-electron chi connectivity index (χ2n) is 6.00. The van der Waals surface area contributed by atoms with E-state index in [1.165, 1.54) is 21.5 Å². The third-order valence-corrected chi connectivity index (χ3v) is 5.98. The Balaban J connectivity index is 0.000000166. The minimum atomic E-state index is -5.03. The first-order valence-corrected chi connectivity index (χ1v) is 11.0. The van der Waals surface area contributed by atoms with Crippen molar-refractivity contribution in [1.82, 2.24) is 4.98 Å². The van der Waals surface area contributed by atoms with E-state index in [1.54, 1.807) is 0 Å². The second-order valence-corrected chi connectivity index (χ2v) is 8.75. The van der Waals surface area contributed by atoms with Crippen LogP contribution >= 0.6 is 0 Å². The van der Waals surface area contributed by atoms with Crippen molar-refractivity contribution in [3.05, 3.63) is 83.3 Å². The molecule has 0 atom stereocenters. The average molecular weight is 433 g/mol. The first kappa shape index (κ1) is 20.7. The number of pyridine rings is 1. The maximum atomic E-state index is 11.0. The number of aromatic nitrogens is 1. The molecule has 0 aliphatic carbocycles. The Bertz CT molecular complexity index is 1370. The fourth-order valence-corrected chi connectivity index (χ4v) is 4.59. The van der Waals surface area contributed by atoms with Gasteiger partial charge in [0.25, 0.3) is 15.7 Å². The average Bonchev–Trinajstić information content (AvgIpc) is 2.65. The molecule has 0 amide bonds. The van der Waals surface area contributed by atoms with Crippen LogP contribution in [0.3, 0.4) is 0 Å². The fourth-order valence-electron chi connectivity index (χ4n) is 2.78. The third kappa shape index (κ3) is 4.69. The van der Waals surface area contributed by atoms with E-state index in [9.17, 15) is 21.6 Å². The van der Waals surface area contributed by atoms with Crippen LogP contribution in [-0.4, -0.2) is 30.9 Å². The number of hydrogen-bond acceptors (Lipinski definition) is 5. The second kappa shape index (κ2) is 7.76. The molecule has 8 nitrogen and oxygen atoms in total. The van der Waals surface area contributed by atoms with E-state index in [0.717, 1.165) is 6.20 Å². The van der Waals surface area contributed by atoms with E-state index in [4.69, 9.17) is 9.11 Å². The molecule has 10 heteroatoms. The zero-order chi connectivity index (χ0) is 21.2. The van der Waals surface area contributed by atoms with Crippen molar-refractivity contribution >= 4 is 41.8 Å². The first-order chi connectivity index (χ1) is 13.6. The number of hydrogen-bond donors (Lipinski definition) is 3. The van der Waals surface area contributed by atoms with Gasteiger partial charge in [0.05, 0.1) is 0 Å². The predicted octanol–water partition coefficient (Wildman–Crippen LogP) is 2.86. The van der Waals surface area contributed by atoms with Crippen LogP contribution in [0.2, 0.25) is 0 Å². The van der Waals surface area contributed by atoms with E-state index in [2.05, 4.69) is 60.7 Å². The lowest BCUT2D eigenvalue weighted by atomic mass is 10.0. The summed E-state index contributed by atoms with van der Waals surface area (Å²) >= 11 is 0. The SMILES string of the molecule is O=c1[nH]ccc(S(=O)(=O)O)c1S(=O)(=O)O.c1ccc2cc3ccccc3cc2c1. The number of fused-ring (bicyclic) bond motifs is 2. The van der Waals surface area contributed by atoms with Crippen LogP contribution in [-0.2, 0) is 20.2 Å². The molecule has 0 saturated carbocycles. The molecule has 0 fully saturated rings. The number of H-pyrrole nitrogens is 1. The largest absolute Gasteiger partial charge is 0.328 e. The van der Waals surface area contributed by atoms with Crippen LogP contribution in [0.25, 0.3) is 21.5 Å². The minimum absolute atomic E-state index is 0.639. The Morgan fingerprint density at radius 2 is 1.07 bits per heavy atom. The molecule has 3 aromatic carbocycles. The molecular weight excluding hydrogens is 418 g/mol. The number of benzene rings is 3. The van der Waals surface area contributed by atoms with Crippen molar-refractivity contribution in [1.29, 1.82) is 0 Å². The maximum absolute atomic E-state index is 11.0. The van der Waals surface area contributed by atoms with Gasteiger partial charge in [0.2, 0.25) is 0 Å². The molecule has 1 aromatic heterocycles. The molecule has 0 unspecified atom stereocenters. The van der Waals surface area contributed by atoms with Crippen LogP contribution in [0, 0.1) is 0 Å². The molecule has 1 heterocycles.